The molecule has 2 N–H and O–H groups in total. The van der Waals surface area contributed by atoms with E-state index >= 15 is 0 Å². The topological polar surface area (TPSA) is 47.7 Å². The van der Waals surface area contributed by atoms with Gasteiger partial charge in [0.15, 0.2) is 0 Å². The van der Waals surface area contributed by atoms with Crippen molar-refractivity contribution in [2.75, 3.05) is 32.8 Å². The third-order valence-electron chi connectivity index (χ3n) is 3.70. The maximum atomic E-state index is 5.97. The second-order valence-corrected chi connectivity index (χ2v) is 5.80. The lowest BCUT2D eigenvalue weighted by atomic mass is 9.92. The SMILES string of the molecule is CC1CN(C2(CN)CCOC2)CC(C)(C)O1. The van der Waals surface area contributed by atoms with E-state index in [1.165, 1.54) is 0 Å². The largest absolute Gasteiger partial charge is 0.379 e. The van der Waals surface area contributed by atoms with Crippen molar-refractivity contribution in [2.45, 2.75) is 44.4 Å². The molecule has 4 heteroatoms. The Bertz CT molecular complexity index is 249. The summed E-state index contributed by atoms with van der Waals surface area (Å²) in [5.41, 5.74) is 5.94. The molecule has 0 aromatic carbocycles. The number of nitrogens with two attached hydrogens (primary N) is 1. The van der Waals surface area contributed by atoms with Crippen molar-refractivity contribution in [1.82, 2.24) is 4.90 Å². The number of morpholine rings is 1. The van der Waals surface area contributed by atoms with E-state index in [1.54, 1.807) is 0 Å². The quantitative estimate of drug-likeness (QED) is 0.752. The molecule has 2 saturated heterocycles. The maximum absolute atomic E-state index is 5.97. The second-order valence-electron chi connectivity index (χ2n) is 5.80. The van der Waals surface area contributed by atoms with Crippen LogP contribution in [0.15, 0.2) is 0 Å². The highest BCUT2D eigenvalue weighted by atomic mass is 16.5. The average molecular weight is 228 g/mol. The highest BCUT2D eigenvalue weighted by molar-refractivity contribution is 4.99. The predicted molar refractivity (Wildman–Crippen MR) is 63.4 cm³/mol. The summed E-state index contributed by atoms with van der Waals surface area (Å²) in [6.45, 7) is 10.6. The summed E-state index contributed by atoms with van der Waals surface area (Å²) < 4.78 is 11.5. The average Bonchev–Trinajstić information content (AvgIpc) is 2.63. The first kappa shape index (κ1) is 12.3. The van der Waals surface area contributed by atoms with Crippen molar-refractivity contribution in [2.24, 2.45) is 5.73 Å². The number of rotatable bonds is 2. The van der Waals surface area contributed by atoms with E-state index < -0.39 is 0 Å². The van der Waals surface area contributed by atoms with E-state index in [2.05, 4.69) is 25.7 Å². The van der Waals surface area contributed by atoms with Gasteiger partial charge in [0.05, 0.1) is 23.9 Å². The summed E-state index contributed by atoms with van der Waals surface area (Å²) >= 11 is 0. The fourth-order valence-corrected chi connectivity index (χ4v) is 2.95. The second kappa shape index (κ2) is 4.26. The number of nitrogens with zero attached hydrogens (tertiary/aromatic N) is 1. The van der Waals surface area contributed by atoms with Gasteiger partial charge in [-0.15, -0.1) is 0 Å². The molecule has 0 saturated carbocycles. The Morgan fingerprint density at radius 1 is 1.44 bits per heavy atom. The molecule has 2 aliphatic rings. The molecule has 4 nitrogen and oxygen atoms in total. The number of hydrogen-bond donors (Lipinski definition) is 1. The molecule has 0 aromatic heterocycles. The minimum Gasteiger partial charge on any atom is -0.379 e. The molecule has 0 spiro atoms. The minimum absolute atomic E-state index is 0.0509. The molecule has 2 unspecified atom stereocenters. The molecular formula is C12H24N2O2. The molecule has 2 aliphatic heterocycles. The normalized spacial score (nSPS) is 40.1. The van der Waals surface area contributed by atoms with Gasteiger partial charge in [0.25, 0.3) is 0 Å². The summed E-state index contributed by atoms with van der Waals surface area (Å²) in [5, 5.41) is 0. The van der Waals surface area contributed by atoms with Crippen molar-refractivity contribution >= 4 is 0 Å². The van der Waals surface area contributed by atoms with Gasteiger partial charge in [-0.05, 0) is 27.2 Å². The molecule has 94 valence electrons. The fraction of sp³-hybridized carbons (Fsp3) is 1.00. The summed E-state index contributed by atoms with van der Waals surface area (Å²) in [7, 11) is 0. The van der Waals surface area contributed by atoms with Crippen LogP contribution in [-0.4, -0.2) is 55.0 Å². The van der Waals surface area contributed by atoms with Crippen molar-refractivity contribution in [3.05, 3.63) is 0 Å². The van der Waals surface area contributed by atoms with E-state index in [0.717, 1.165) is 32.7 Å². The lowest BCUT2D eigenvalue weighted by Crippen LogP contribution is -2.63. The van der Waals surface area contributed by atoms with Crippen LogP contribution in [0, 0.1) is 0 Å². The Balaban J connectivity index is 2.13. The van der Waals surface area contributed by atoms with Crippen LogP contribution in [0.3, 0.4) is 0 Å². The van der Waals surface area contributed by atoms with Crippen LogP contribution in [0.4, 0.5) is 0 Å². The molecule has 2 heterocycles. The van der Waals surface area contributed by atoms with Gasteiger partial charge in [-0.1, -0.05) is 0 Å². The third kappa shape index (κ3) is 2.25. The van der Waals surface area contributed by atoms with Crippen molar-refractivity contribution < 1.29 is 9.47 Å². The van der Waals surface area contributed by atoms with Crippen molar-refractivity contribution in [3.8, 4) is 0 Å². The Morgan fingerprint density at radius 2 is 2.19 bits per heavy atom. The molecule has 16 heavy (non-hydrogen) atoms. The van der Waals surface area contributed by atoms with Crippen LogP contribution < -0.4 is 5.73 Å². The minimum atomic E-state index is -0.0809. The van der Waals surface area contributed by atoms with Crippen LogP contribution in [0.5, 0.6) is 0 Å². The van der Waals surface area contributed by atoms with Crippen LogP contribution in [0.1, 0.15) is 27.2 Å². The van der Waals surface area contributed by atoms with E-state index in [4.69, 9.17) is 15.2 Å². The lowest BCUT2D eigenvalue weighted by molar-refractivity contribution is -0.152. The van der Waals surface area contributed by atoms with Gasteiger partial charge >= 0.3 is 0 Å². The lowest BCUT2D eigenvalue weighted by Gasteiger charge is -2.49. The molecule has 2 rings (SSSR count). The summed E-state index contributed by atoms with van der Waals surface area (Å²) in [4.78, 5) is 2.48. The molecule has 0 aromatic rings. The molecule has 0 radical (unpaired) electrons. The zero-order valence-corrected chi connectivity index (χ0v) is 10.7. The molecule has 2 atom stereocenters. The van der Waals surface area contributed by atoms with Gasteiger partial charge in [-0.25, -0.2) is 0 Å². The standard InChI is InChI=1S/C12H24N2O2/c1-10-6-14(8-11(2,3)16-10)12(7-13)4-5-15-9-12/h10H,4-9,13H2,1-3H3. The maximum Gasteiger partial charge on any atom is 0.0757 e. The molecule has 2 fully saturated rings. The number of ether oxygens (including phenoxy) is 2. The van der Waals surface area contributed by atoms with E-state index in [9.17, 15) is 0 Å². The molecule has 0 bridgehead atoms. The smallest absolute Gasteiger partial charge is 0.0757 e. The van der Waals surface area contributed by atoms with Gasteiger partial charge in [0.1, 0.15) is 0 Å². The first-order chi connectivity index (χ1) is 7.47. The van der Waals surface area contributed by atoms with Crippen LogP contribution in [0.25, 0.3) is 0 Å². The van der Waals surface area contributed by atoms with Gasteiger partial charge < -0.3 is 15.2 Å². The van der Waals surface area contributed by atoms with Gasteiger partial charge in [0, 0.05) is 26.2 Å². The van der Waals surface area contributed by atoms with Crippen LogP contribution >= 0.6 is 0 Å². The van der Waals surface area contributed by atoms with Crippen molar-refractivity contribution in [3.63, 3.8) is 0 Å². The van der Waals surface area contributed by atoms with E-state index in [1.807, 2.05) is 0 Å². The monoisotopic (exact) mass is 228 g/mol. The highest BCUT2D eigenvalue weighted by Gasteiger charge is 2.44. The first-order valence-electron chi connectivity index (χ1n) is 6.18. The zero-order valence-electron chi connectivity index (χ0n) is 10.7. The van der Waals surface area contributed by atoms with Gasteiger partial charge in [-0.3, -0.25) is 4.90 Å². The Morgan fingerprint density at radius 3 is 2.69 bits per heavy atom. The number of hydrogen-bond acceptors (Lipinski definition) is 4. The van der Waals surface area contributed by atoms with Gasteiger partial charge in [0.2, 0.25) is 0 Å². The van der Waals surface area contributed by atoms with Crippen molar-refractivity contribution in [1.29, 1.82) is 0 Å². The predicted octanol–water partition coefficient (Wildman–Crippen LogP) is 0.604. The Kier molecular flexibility index (Phi) is 3.27. The fourth-order valence-electron chi connectivity index (χ4n) is 2.95. The first-order valence-corrected chi connectivity index (χ1v) is 6.18. The van der Waals surface area contributed by atoms with Crippen LogP contribution in [0.2, 0.25) is 0 Å². The van der Waals surface area contributed by atoms with E-state index in [0.29, 0.717) is 6.54 Å². The van der Waals surface area contributed by atoms with Crippen LogP contribution in [-0.2, 0) is 9.47 Å². The molecule has 0 aliphatic carbocycles. The Hall–Kier alpha value is -0.160. The zero-order chi connectivity index (χ0) is 11.8. The summed E-state index contributed by atoms with van der Waals surface area (Å²) in [5.74, 6) is 0. The van der Waals surface area contributed by atoms with E-state index in [-0.39, 0.29) is 17.2 Å². The van der Waals surface area contributed by atoms with Gasteiger partial charge in [-0.2, -0.15) is 0 Å². The Labute approximate surface area is 98.1 Å². The summed E-state index contributed by atoms with van der Waals surface area (Å²) in [6, 6.07) is 0. The molecular weight excluding hydrogens is 204 g/mol. The summed E-state index contributed by atoms with van der Waals surface area (Å²) in [6.07, 6.45) is 1.32. The molecule has 0 amide bonds. The third-order valence-corrected chi connectivity index (χ3v) is 3.70. The highest BCUT2D eigenvalue weighted by Crippen LogP contribution is 2.31.